The molecule has 1 atom stereocenters. The number of pyridine rings is 2. The molecule has 0 radical (unpaired) electrons. The van der Waals surface area contributed by atoms with E-state index in [0.29, 0.717) is 24.3 Å². The minimum atomic E-state index is -0.286. The van der Waals surface area contributed by atoms with Gasteiger partial charge in [0.1, 0.15) is 0 Å². The van der Waals surface area contributed by atoms with E-state index in [-0.39, 0.29) is 24.0 Å². The molecule has 1 aliphatic carbocycles. The van der Waals surface area contributed by atoms with E-state index in [1.165, 1.54) is 0 Å². The summed E-state index contributed by atoms with van der Waals surface area (Å²) in [4.78, 5) is 20.6. The lowest BCUT2D eigenvalue weighted by Crippen LogP contribution is -2.41. The van der Waals surface area contributed by atoms with Gasteiger partial charge in [0.05, 0.1) is 19.3 Å². The lowest BCUT2D eigenvalue weighted by molar-refractivity contribution is 0.0234. The molecule has 1 aliphatic rings. The number of methoxy groups -OCH3 is 1. The number of aliphatic hydroxyl groups excluding tert-OH is 1. The molecule has 6 nitrogen and oxygen atoms in total. The van der Waals surface area contributed by atoms with Crippen molar-refractivity contribution in [3.8, 4) is 5.88 Å². The van der Waals surface area contributed by atoms with Crippen molar-refractivity contribution in [1.29, 1.82) is 0 Å². The number of rotatable bonds is 5. The number of nitrogens with zero attached hydrogens (tertiary/aromatic N) is 2. The Morgan fingerprint density at radius 1 is 1.30 bits per heavy atom. The number of hydrogen-bond donors (Lipinski definition) is 2. The van der Waals surface area contributed by atoms with Crippen molar-refractivity contribution in [1.82, 2.24) is 15.3 Å². The van der Waals surface area contributed by atoms with Crippen LogP contribution in [0.1, 0.15) is 34.8 Å². The van der Waals surface area contributed by atoms with E-state index in [2.05, 4.69) is 15.3 Å². The molecule has 0 saturated heterocycles. The summed E-state index contributed by atoms with van der Waals surface area (Å²) >= 11 is 0. The van der Waals surface area contributed by atoms with Crippen LogP contribution in [0.4, 0.5) is 0 Å². The van der Waals surface area contributed by atoms with E-state index in [1.54, 1.807) is 43.9 Å². The average molecular weight is 313 g/mol. The lowest BCUT2D eigenvalue weighted by Gasteiger charge is -2.38. The molecule has 120 valence electrons. The highest BCUT2D eigenvalue weighted by Crippen LogP contribution is 2.38. The van der Waals surface area contributed by atoms with Crippen molar-refractivity contribution in [3.05, 3.63) is 54.0 Å². The highest BCUT2D eigenvalue weighted by molar-refractivity contribution is 5.94. The van der Waals surface area contributed by atoms with Gasteiger partial charge < -0.3 is 15.2 Å². The Balaban J connectivity index is 1.79. The number of hydrogen-bond acceptors (Lipinski definition) is 5. The molecule has 3 rings (SSSR count). The minimum Gasteiger partial charge on any atom is -0.481 e. The second-order valence-electron chi connectivity index (χ2n) is 5.71. The SMILES string of the molecule is COc1ccc([C@@H](NC(=O)c2ccncc2)C2CC(O)C2)cn1. The summed E-state index contributed by atoms with van der Waals surface area (Å²) in [7, 11) is 1.56. The lowest BCUT2D eigenvalue weighted by atomic mass is 9.75. The maximum Gasteiger partial charge on any atom is 0.251 e. The van der Waals surface area contributed by atoms with Gasteiger partial charge in [-0.3, -0.25) is 9.78 Å². The molecule has 2 aromatic rings. The molecular formula is C17H19N3O3. The maximum atomic E-state index is 12.4. The van der Waals surface area contributed by atoms with Crippen molar-refractivity contribution in [2.75, 3.05) is 7.11 Å². The number of amides is 1. The third kappa shape index (κ3) is 3.48. The molecule has 0 aromatic carbocycles. The van der Waals surface area contributed by atoms with Crippen molar-refractivity contribution >= 4 is 5.91 Å². The van der Waals surface area contributed by atoms with Crippen molar-refractivity contribution in [2.45, 2.75) is 25.0 Å². The van der Waals surface area contributed by atoms with Gasteiger partial charge in [0.25, 0.3) is 5.91 Å². The number of aromatic nitrogens is 2. The van der Waals surface area contributed by atoms with Gasteiger partial charge in [0.15, 0.2) is 0 Å². The monoisotopic (exact) mass is 313 g/mol. The van der Waals surface area contributed by atoms with Gasteiger partial charge in [-0.1, -0.05) is 6.07 Å². The zero-order valence-corrected chi connectivity index (χ0v) is 12.8. The number of ether oxygens (including phenoxy) is 1. The summed E-state index contributed by atoms with van der Waals surface area (Å²) in [6, 6.07) is 6.84. The molecule has 0 aliphatic heterocycles. The van der Waals surface area contributed by atoms with Crippen LogP contribution in [0, 0.1) is 5.92 Å². The normalized spacial score (nSPS) is 21.1. The topological polar surface area (TPSA) is 84.3 Å². The van der Waals surface area contributed by atoms with E-state index in [4.69, 9.17) is 4.74 Å². The van der Waals surface area contributed by atoms with Crippen LogP contribution in [0.2, 0.25) is 0 Å². The van der Waals surface area contributed by atoms with Gasteiger partial charge in [-0.15, -0.1) is 0 Å². The van der Waals surface area contributed by atoms with Gasteiger partial charge in [-0.2, -0.15) is 0 Å². The number of aliphatic hydroxyl groups is 1. The molecule has 1 saturated carbocycles. The molecular weight excluding hydrogens is 294 g/mol. The Morgan fingerprint density at radius 3 is 2.61 bits per heavy atom. The Kier molecular flexibility index (Phi) is 4.52. The fourth-order valence-electron chi connectivity index (χ4n) is 2.80. The molecule has 2 N–H and O–H groups in total. The second kappa shape index (κ2) is 6.75. The van der Waals surface area contributed by atoms with Crippen LogP contribution in [-0.4, -0.2) is 34.2 Å². The van der Waals surface area contributed by atoms with Crippen LogP contribution in [0.3, 0.4) is 0 Å². The predicted octanol–water partition coefficient (Wildman–Crippen LogP) is 1.73. The summed E-state index contributed by atoms with van der Waals surface area (Å²) in [6.45, 7) is 0. The summed E-state index contributed by atoms with van der Waals surface area (Å²) in [5.41, 5.74) is 1.47. The summed E-state index contributed by atoms with van der Waals surface area (Å²) < 4.78 is 5.07. The van der Waals surface area contributed by atoms with E-state index in [9.17, 15) is 9.90 Å². The van der Waals surface area contributed by atoms with Gasteiger partial charge in [0.2, 0.25) is 5.88 Å². The summed E-state index contributed by atoms with van der Waals surface area (Å²) in [5.74, 6) is 0.571. The van der Waals surface area contributed by atoms with Gasteiger partial charge in [-0.05, 0) is 36.5 Å². The smallest absolute Gasteiger partial charge is 0.251 e. The Bertz CT molecular complexity index is 655. The quantitative estimate of drug-likeness (QED) is 0.878. The first-order valence-corrected chi connectivity index (χ1v) is 7.56. The first kappa shape index (κ1) is 15.4. The van der Waals surface area contributed by atoms with E-state index in [0.717, 1.165) is 5.56 Å². The second-order valence-corrected chi connectivity index (χ2v) is 5.71. The van der Waals surface area contributed by atoms with E-state index in [1.807, 2.05) is 6.07 Å². The molecule has 0 spiro atoms. The zero-order chi connectivity index (χ0) is 16.2. The van der Waals surface area contributed by atoms with Crippen molar-refractivity contribution in [2.24, 2.45) is 5.92 Å². The molecule has 0 unspecified atom stereocenters. The van der Waals surface area contributed by atoms with Crippen molar-refractivity contribution < 1.29 is 14.6 Å². The van der Waals surface area contributed by atoms with Crippen molar-refractivity contribution in [3.63, 3.8) is 0 Å². The fourth-order valence-corrected chi connectivity index (χ4v) is 2.80. The highest BCUT2D eigenvalue weighted by atomic mass is 16.5. The molecule has 6 heteroatoms. The summed E-state index contributed by atoms with van der Waals surface area (Å²) in [5, 5.41) is 12.6. The highest BCUT2D eigenvalue weighted by Gasteiger charge is 2.36. The Labute approximate surface area is 134 Å². The molecule has 2 aromatic heterocycles. The zero-order valence-electron chi connectivity index (χ0n) is 12.8. The number of carbonyl (C=O) groups is 1. The number of carbonyl (C=O) groups excluding carboxylic acids is 1. The Morgan fingerprint density at radius 2 is 2.04 bits per heavy atom. The van der Waals surface area contributed by atoms with Gasteiger partial charge >= 0.3 is 0 Å². The maximum absolute atomic E-state index is 12.4. The van der Waals surface area contributed by atoms with E-state index < -0.39 is 0 Å². The third-order valence-electron chi connectivity index (χ3n) is 4.18. The molecule has 2 heterocycles. The van der Waals surface area contributed by atoms with Crippen LogP contribution in [0.25, 0.3) is 0 Å². The van der Waals surface area contributed by atoms with Gasteiger partial charge in [-0.25, -0.2) is 4.98 Å². The first-order chi connectivity index (χ1) is 11.2. The predicted molar refractivity (Wildman–Crippen MR) is 84.0 cm³/mol. The van der Waals surface area contributed by atoms with Crippen LogP contribution < -0.4 is 10.1 Å². The molecule has 1 fully saturated rings. The largest absolute Gasteiger partial charge is 0.481 e. The fraction of sp³-hybridized carbons (Fsp3) is 0.353. The molecule has 23 heavy (non-hydrogen) atoms. The standard InChI is InChI=1S/C17H19N3O3/c1-23-15-3-2-12(10-19-15)16(13-8-14(21)9-13)20-17(22)11-4-6-18-7-5-11/h2-7,10,13-14,16,21H,8-9H2,1H3,(H,20,22)/t13?,14?,16-/m1/s1. The Hall–Kier alpha value is -2.47. The van der Waals surface area contributed by atoms with Gasteiger partial charge in [0, 0.05) is 30.2 Å². The van der Waals surface area contributed by atoms with E-state index >= 15 is 0 Å². The molecule has 0 bridgehead atoms. The van der Waals surface area contributed by atoms with Crippen LogP contribution in [0.5, 0.6) is 5.88 Å². The third-order valence-corrected chi connectivity index (χ3v) is 4.18. The van der Waals surface area contributed by atoms with Crippen LogP contribution in [-0.2, 0) is 0 Å². The van der Waals surface area contributed by atoms with Crippen LogP contribution in [0.15, 0.2) is 42.9 Å². The minimum absolute atomic E-state index is 0.158. The summed E-state index contributed by atoms with van der Waals surface area (Å²) in [6.07, 6.45) is 5.95. The average Bonchev–Trinajstić information content (AvgIpc) is 2.58. The van der Waals surface area contributed by atoms with Crippen LogP contribution >= 0.6 is 0 Å². The number of nitrogens with one attached hydrogen (secondary N) is 1. The molecule has 1 amide bonds. The first-order valence-electron chi connectivity index (χ1n) is 7.56.